The Bertz CT molecular complexity index is 688. The van der Waals surface area contributed by atoms with Crippen molar-refractivity contribution >= 4 is 34.8 Å². The topological polar surface area (TPSA) is 49.4 Å². The lowest BCUT2D eigenvalue weighted by Crippen LogP contribution is -2.39. The first-order chi connectivity index (χ1) is 11.0. The van der Waals surface area contributed by atoms with Crippen molar-refractivity contribution in [2.75, 3.05) is 13.1 Å². The fraction of sp³-hybridized carbons (Fsp3) is 0.250. The molecule has 0 saturated carbocycles. The van der Waals surface area contributed by atoms with Crippen LogP contribution in [0.2, 0.25) is 4.34 Å². The molecule has 2 amide bonds. The fourth-order valence-electron chi connectivity index (χ4n) is 1.97. The first-order valence-corrected chi connectivity index (χ1v) is 8.24. The maximum absolute atomic E-state index is 12.8. The van der Waals surface area contributed by atoms with Crippen molar-refractivity contribution in [3.8, 4) is 0 Å². The number of hydrogen-bond acceptors (Lipinski definition) is 3. The summed E-state index contributed by atoms with van der Waals surface area (Å²) < 4.78 is 13.5. The second kappa shape index (κ2) is 8.08. The third-order valence-corrected chi connectivity index (χ3v) is 4.43. The van der Waals surface area contributed by atoms with Gasteiger partial charge in [0.15, 0.2) is 0 Å². The molecule has 0 saturated heterocycles. The maximum atomic E-state index is 12.8. The van der Waals surface area contributed by atoms with Gasteiger partial charge in [-0.05, 0) is 43.3 Å². The summed E-state index contributed by atoms with van der Waals surface area (Å²) in [6.07, 6.45) is 0. The Kier molecular flexibility index (Phi) is 6.12. The lowest BCUT2D eigenvalue weighted by Gasteiger charge is -2.20. The number of carbonyl (C=O) groups excluding carboxylic acids is 2. The van der Waals surface area contributed by atoms with E-state index < -0.39 is 11.7 Å². The van der Waals surface area contributed by atoms with E-state index in [4.69, 9.17) is 11.6 Å². The summed E-state index contributed by atoms with van der Waals surface area (Å²) in [5.41, 5.74) is 0.312. The monoisotopic (exact) mass is 354 g/mol. The van der Waals surface area contributed by atoms with Crippen LogP contribution in [0.4, 0.5) is 4.39 Å². The third-order valence-electron chi connectivity index (χ3n) is 3.22. The molecule has 23 heavy (non-hydrogen) atoms. The summed E-state index contributed by atoms with van der Waals surface area (Å²) >= 11 is 7.30. The predicted molar refractivity (Wildman–Crippen MR) is 89.2 cm³/mol. The first kappa shape index (κ1) is 17.4. The molecule has 0 aliphatic rings. The predicted octanol–water partition coefficient (Wildman–Crippen LogP) is 3.32. The Balaban J connectivity index is 1.89. The number of halogens is 2. The molecule has 4 nitrogen and oxygen atoms in total. The van der Waals surface area contributed by atoms with E-state index in [2.05, 4.69) is 5.32 Å². The zero-order chi connectivity index (χ0) is 16.8. The van der Waals surface area contributed by atoms with Crippen LogP contribution in [-0.2, 0) is 11.3 Å². The van der Waals surface area contributed by atoms with E-state index in [9.17, 15) is 14.0 Å². The summed E-state index contributed by atoms with van der Waals surface area (Å²) in [6.45, 7) is 2.75. The average Bonchev–Trinajstić information content (AvgIpc) is 2.95. The highest BCUT2D eigenvalue weighted by Crippen LogP contribution is 2.22. The van der Waals surface area contributed by atoms with Crippen LogP contribution in [0.25, 0.3) is 0 Å². The van der Waals surface area contributed by atoms with E-state index >= 15 is 0 Å². The molecule has 2 rings (SSSR count). The van der Waals surface area contributed by atoms with Crippen molar-refractivity contribution < 1.29 is 14.0 Å². The molecule has 0 aliphatic carbocycles. The Labute approximate surface area is 142 Å². The van der Waals surface area contributed by atoms with Crippen molar-refractivity contribution in [2.24, 2.45) is 0 Å². The number of thiophene rings is 1. The molecule has 122 valence electrons. The number of benzene rings is 1. The van der Waals surface area contributed by atoms with Gasteiger partial charge in [-0.2, -0.15) is 0 Å². The van der Waals surface area contributed by atoms with Crippen LogP contribution in [0, 0.1) is 5.82 Å². The van der Waals surface area contributed by atoms with Gasteiger partial charge in [-0.1, -0.05) is 11.6 Å². The Hall–Kier alpha value is -1.92. The van der Waals surface area contributed by atoms with E-state index in [1.165, 1.54) is 35.6 Å². The minimum absolute atomic E-state index is 0.108. The first-order valence-electron chi connectivity index (χ1n) is 7.05. The van der Waals surface area contributed by atoms with Gasteiger partial charge in [-0.3, -0.25) is 9.59 Å². The molecule has 0 unspecified atom stereocenters. The molecule has 0 radical (unpaired) electrons. The Morgan fingerprint density at radius 3 is 2.48 bits per heavy atom. The van der Waals surface area contributed by atoms with Gasteiger partial charge in [0.05, 0.1) is 17.4 Å². The molecule has 0 aliphatic heterocycles. The molecule has 1 heterocycles. The number of hydrogen-bond donors (Lipinski definition) is 1. The number of likely N-dealkylation sites (N-methyl/N-ethyl adjacent to an activating group) is 1. The molecular weight excluding hydrogens is 339 g/mol. The van der Waals surface area contributed by atoms with Gasteiger partial charge in [0.25, 0.3) is 5.91 Å². The SMILES string of the molecule is CCN(Cc1ccc(Cl)s1)C(=O)CNC(=O)c1ccc(F)cc1. The molecule has 1 aromatic carbocycles. The van der Waals surface area contributed by atoms with E-state index in [1.807, 2.05) is 13.0 Å². The van der Waals surface area contributed by atoms with Crippen LogP contribution in [-0.4, -0.2) is 29.8 Å². The van der Waals surface area contributed by atoms with Crippen LogP contribution in [0.5, 0.6) is 0 Å². The van der Waals surface area contributed by atoms with Crippen LogP contribution < -0.4 is 5.32 Å². The lowest BCUT2D eigenvalue weighted by molar-refractivity contribution is -0.130. The van der Waals surface area contributed by atoms with E-state index in [1.54, 1.807) is 11.0 Å². The number of nitrogens with one attached hydrogen (secondary N) is 1. The molecular formula is C16H16ClFN2O2S. The van der Waals surface area contributed by atoms with Gasteiger partial charge < -0.3 is 10.2 Å². The summed E-state index contributed by atoms with van der Waals surface area (Å²) in [5.74, 6) is -1.01. The van der Waals surface area contributed by atoms with Gasteiger partial charge in [0.1, 0.15) is 5.82 Å². The van der Waals surface area contributed by atoms with Crippen LogP contribution >= 0.6 is 22.9 Å². The van der Waals surface area contributed by atoms with Crippen molar-refractivity contribution in [1.29, 1.82) is 0 Å². The van der Waals surface area contributed by atoms with E-state index in [0.717, 1.165) is 4.88 Å². The van der Waals surface area contributed by atoms with Gasteiger partial charge >= 0.3 is 0 Å². The van der Waals surface area contributed by atoms with Gasteiger partial charge in [0, 0.05) is 17.0 Å². The van der Waals surface area contributed by atoms with Gasteiger partial charge in [-0.25, -0.2) is 4.39 Å². The second-order valence-corrected chi connectivity index (χ2v) is 6.60. The zero-order valence-corrected chi connectivity index (χ0v) is 14.1. The van der Waals surface area contributed by atoms with Crippen LogP contribution in [0.15, 0.2) is 36.4 Å². The summed E-state index contributed by atoms with van der Waals surface area (Å²) in [6, 6.07) is 8.82. The number of rotatable bonds is 6. The normalized spacial score (nSPS) is 10.4. The summed E-state index contributed by atoms with van der Waals surface area (Å²) in [5, 5.41) is 2.55. The molecule has 0 fully saturated rings. The Morgan fingerprint density at radius 1 is 1.22 bits per heavy atom. The average molecular weight is 355 g/mol. The molecule has 7 heteroatoms. The third kappa shape index (κ3) is 5.04. The highest BCUT2D eigenvalue weighted by molar-refractivity contribution is 7.16. The largest absolute Gasteiger partial charge is 0.343 e. The lowest BCUT2D eigenvalue weighted by atomic mass is 10.2. The van der Waals surface area contributed by atoms with Gasteiger partial charge in [-0.15, -0.1) is 11.3 Å². The van der Waals surface area contributed by atoms with Crippen LogP contribution in [0.3, 0.4) is 0 Å². The minimum atomic E-state index is -0.413. The fourth-order valence-corrected chi connectivity index (χ4v) is 3.08. The molecule has 1 N–H and O–H groups in total. The molecule has 0 bridgehead atoms. The zero-order valence-electron chi connectivity index (χ0n) is 12.5. The summed E-state index contributed by atoms with van der Waals surface area (Å²) in [7, 11) is 0. The minimum Gasteiger partial charge on any atom is -0.343 e. The van der Waals surface area contributed by atoms with Crippen LogP contribution in [0.1, 0.15) is 22.2 Å². The highest BCUT2D eigenvalue weighted by atomic mass is 35.5. The summed E-state index contributed by atoms with van der Waals surface area (Å²) in [4.78, 5) is 26.7. The molecule has 2 aromatic rings. The quantitative estimate of drug-likeness (QED) is 0.865. The van der Waals surface area contributed by atoms with E-state index in [-0.39, 0.29) is 12.5 Å². The van der Waals surface area contributed by atoms with Crippen molar-refractivity contribution in [3.63, 3.8) is 0 Å². The smallest absolute Gasteiger partial charge is 0.251 e. The van der Waals surface area contributed by atoms with Crippen molar-refractivity contribution in [1.82, 2.24) is 10.2 Å². The number of nitrogens with zero attached hydrogens (tertiary/aromatic N) is 1. The highest BCUT2D eigenvalue weighted by Gasteiger charge is 2.15. The molecule has 0 spiro atoms. The standard InChI is InChI=1S/C16H16ClFN2O2S/c1-2-20(10-13-7-8-14(17)23-13)15(21)9-19-16(22)11-3-5-12(18)6-4-11/h3-8H,2,9-10H2,1H3,(H,19,22). The van der Waals surface area contributed by atoms with E-state index in [0.29, 0.717) is 23.0 Å². The number of amides is 2. The molecule has 1 aromatic heterocycles. The van der Waals surface area contributed by atoms with Crippen molar-refractivity contribution in [2.45, 2.75) is 13.5 Å². The maximum Gasteiger partial charge on any atom is 0.251 e. The number of carbonyl (C=O) groups is 2. The van der Waals surface area contributed by atoms with Gasteiger partial charge in [0.2, 0.25) is 5.91 Å². The Morgan fingerprint density at radius 2 is 1.91 bits per heavy atom. The molecule has 0 atom stereocenters. The second-order valence-electron chi connectivity index (χ2n) is 4.80. The van der Waals surface area contributed by atoms with Crippen molar-refractivity contribution in [3.05, 3.63) is 57.0 Å².